The van der Waals surface area contributed by atoms with E-state index in [4.69, 9.17) is 0 Å². The van der Waals surface area contributed by atoms with Gasteiger partial charge in [0.1, 0.15) is 5.84 Å². The summed E-state index contributed by atoms with van der Waals surface area (Å²) in [5, 5.41) is 0. The van der Waals surface area contributed by atoms with E-state index in [-0.39, 0.29) is 5.75 Å². The second kappa shape index (κ2) is 7.09. The topological polar surface area (TPSA) is 61.8 Å². The molecule has 1 N–H and O–H groups in total. The SMILES string of the molecule is C=CCN=C(C)N(C)c1ccc(NS(=O)(=O)CC)cc1. The zero-order valence-corrected chi connectivity index (χ0v) is 12.9. The molecule has 1 aromatic rings. The van der Waals surface area contributed by atoms with Gasteiger partial charge in [0, 0.05) is 18.4 Å². The van der Waals surface area contributed by atoms with E-state index >= 15 is 0 Å². The van der Waals surface area contributed by atoms with Crippen LogP contribution in [0.15, 0.2) is 41.9 Å². The maximum Gasteiger partial charge on any atom is 0.232 e. The van der Waals surface area contributed by atoms with E-state index in [0.717, 1.165) is 11.5 Å². The standard InChI is InChI=1S/C14H21N3O2S/c1-5-11-15-12(3)17(4)14-9-7-13(8-10-14)16-20(18,19)6-2/h5,7-10,16H,1,6,11H2,2-4H3. The largest absolute Gasteiger partial charge is 0.333 e. The second-order valence-electron chi connectivity index (χ2n) is 4.29. The van der Waals surface area contributed by atoms with Crippen LogP contribution in [-0.4, -0.2) is 33.6 Å². The molecule has 0 bridgehead atoms. The summed E-state index contributed by atoms with van der Waals surface area (Å²) < 4.78 is 25.4. The Balaban J connectivity index is 2.83. The molecular weight excluding hydrogens is 274 g/mol. The van der Waals surface area contributed by atoms with E-state index in [9.17, 15) is 8.42 Å². The molecule has 0 aromatic heterocycles. The first-order chi connectivity index (χ1) is 9.39. The summed E-state index contributed by atoms with van der Waals surface area (Å²) in [6, 6.07) is 7.17. The Morgan fingerprint density at radius 3 is 2.50 bits per heavy atom. The number of nitrogens with one attached hydrogen (secondary N) is 1. The molecule has 0 unspecified atom stereocenters. The van der Waals surface area contributed by atoms with Crippen molar-refractivity contribution >= 4 is 27.2 Å². The number of amidine groups is 1. The van der Waals surface area contributed by atoms with Gasteiger partial charge >= 0.3 is 0 Å². The number of rotatable bonds is 6. The summed E-state index contributed by atoms with van der Waals surface area (Å²) in [6.45, 7) is 7.72. The molecule has 110 valence electrons. The average Bonchev–Trinajstić information content (AvgIpc) is 2.44. The monoisotopic (exact) mass is 295 g/mol. The van der Waals surface area contributed by atoms with E-state index in [1.165, 1.54) is 0 Å². The Kier molecular flexibility index (Phi) is 5.76. The van der Waals surface area contributed by atoms with Gasteiger partial charge in [-0.2, -0.15) is 0 Å². The zero-order chi connectivity index (χ0) is 15.2. The number of benzene rings is 1. The lowest BCUT2D eigenvalue weighted by atomic mass is 10.2. The second-order valence-corrected chi connectivity index (χ2v) is 6.30. The normalized spacial score (nSPS) is 12.1. The molecule has 0 heterocycles. The highest BCUT2D eigenvalue weighted by Gasteiger charge is 2.08. The van der Waals surface area contributed by atoms with Crippen molar-refractivity contribution in [3.05, 3.63) is 36.9 Å². The molecule has 0 radical (unpaired) electrons. The Morgan fingerprint density at radius 2 is 2.00 bits per heavy atom. The van der Waals surface area contributed by atoms with Gasteiger partial charge in [-0.05, 0) is 38.1 Å². The maximum absolute atomic E-state index is 11.5. The van der Waals surface area contributed by atoms with Crippen LogP contribution in [0.1, 0.15) is 13.8 Å². The van der Waals surface area contributed by atoms with Crippen LogP contribution >= 0.6 is 0 Å². The lowest BCUT2D eigenvalue weighted by molar-refractivity contribution is 0.602. The number of aliphatic imine (C=N–C) groups is 1. The smallest absolute Gasteiger partial charge is 0.232 e. The minimum absolute atomic E-state index is 0.0575. The summed E-state index contributed by atoms with van der Waals surface area (Å²) in [5.74, 6) is 0.925. The van der Waals surface area contributed by atoms with Crippen molar-refractivity contribution in [1.82, 2.24) is 0 Å². The van der Waals surface area contributed by atoms with Crippen molar-refractivity contribution in [2.75, 3.05) is 29.0 Å². The summed E-state index contributed by atoms with van der Waals surface area (Å²) >= 11 is 0. The first kappa shape index (κ1) is 16.2. The van der Waals surface area contributed by atoms with Crippen molar-refractivity contribution in [1.29, 1.82) is 0 Å². The molecule has 0 saturated heterocycles. The van der Waals surface area contributed by atoms with Crippen LogP contribution in [0.4, 0.5) is 11.4 Å². The quantitative estimate of drug-likeness (QED) is 0.498. The van der Waals surface area contributed by atoms with E-state index in [1.54, 1.807) is 25.1 Å². The van der Waals surface area contributed by atoms with Gasteiger partial charge in [0.05, 0.1) is 12.3 Å². The van der Waals surface area contributed by atoms with Crippen molar-refractivity contribution in [3.8, 4) is 0 Å². The first-order valence-corrected chi connectivity index (χ1v) is 8.01. The zero-order valence-electron chi connectivity index (χ0n) is 12.1. The third kappa shape index (κ3) is 4.70. The van der Waals surface area contributed by atoms with Gasteiger partial charge in [-0.1, -0.05) is 6.08 Å². The Morgan fingerprint density at radius 1 is 1.40 bits per heavy atom. The molecule has 5 nitrogen and oxygen atoms in total. The Hall–Kier alpha value is -1.82. The first-order valence-electron chi connectivity index (χ1n) is 6.36. The van der Waals surface area contributed by atoms with Crippen molar-refractivity contribution in [2.24, 2.45) is 4.99 Å². The van der Waals surface area contributed by atoms with Crippen LogP contribution in [0.25, 0.3) is 0 Å². The minimum atomic E-state index is -3.23. The Bertz CT molecular complexity index is 577. The van der Waals surface area contributed by atoms with Crippen LogP contribution < -0.4 is 9.62 Å². The van der Waals surface area contributed by atoms with Gasteiger partial charge in [-0.3, -0.25) is 9.71 Å². The fraction of sp³-hybridized carbons (Fsp3) is 0.357. The van der Waals surface area contributed by atoms with Gasteiger partial charge in [-0.25, -0.2) is 8.42 Å². The van der Waals surface area contributed by atoms with E-state index in [0.29, 0.717) is 12.2 Å². The van der Waals surface area contributed by atoms with Gasteiger partial charge in [-0.15, -0.1) is 6.58 Å². The number of anilines is 2. The molecule has 0 atom stereocenters. The van der Waals surface area contributed by atoms with Crippen LogP contribution in [0.5, 0.6) is 0 Å². The summed E-state index contributed by atoms with van der Waals surface area (Å²) in [4.78, 5) is 6.26. The number of sulfonamides is 1. The highest BCUT2D eigenvalue weighted by atomic mass is 32.2. The predicted molar refractivity (Wildman–Crippen MR) is 86.1 cm³/mol. The lowest BCUT2D eigenvalue weighted by Crippen LogP contribution is -2.23. The van der Waals surface area contributed by atoms with Crippen molar-refractivity contribution in [3.63, 3.8) is 0 Å². The highest BCUT2D eigenvalue weighted by molar-refractivity contribution is 7.92. The van der Waals surface area contributed by atoms with E-state index in [1.807, 2.05) is 31.0 Å². The summed E-state index contributed by atoms with van der Waals surface area (Å²) in [6.07, 6.45) is 1.74. The van der Waals surface area contributed by atoms with Crippen LogP contribution in [-0.2, 0) is 10.0 Å². The maximum atomic E-state index is 11.5. The molecule has 0 saturated carbocycles. The number of hydrogen-bond donors (Lipinski definition) is 1. The average molecular weight is 295 g/mol. The molecule has 0 amide bonds. The summed E-state index contributed by atoms with van der Waals surface area (Å²) in [5.41, 5.74) is 1.50. The molecule has 0 fully saturated rings. The molecule has 0 aliphatic carbocycles. The van der Waals surface area contributed by atoms with Crippen LogP contribution in [0, 0.1) is 0 Å². The highest BCUT2D eigenvalue weighted by Crippen LogP contribution is 2.18. The Labute approximate surface area is 121 Å². The molecule has 20 heavy (non-hydrogen) atoms. The van der Waals surface area contributed by atoms with Crippen LogP contribution in [0.3, 0.4) is 0 Å². The fourth-order valence-electron chi connectivity index (χ4n) is 1.49. The fourth-order valence-corrected chi connectivity index (χ4v) is 2.13. The third-order valence-electron chi connectivity index (χ3n) is 2.84. The molecule has 6 heteroatoms. The molecular formula is C14H21N3O2S. The van der Waals surface area contributed by atoms with Crippen molar-refractivity contribution < 1.29 is 8.42 Å². The molecule has 0 spiro atoms. The van der Waals surface area contributed by atoms with Gasteiger partial charge in [0.2, 0.25) is 10.0 Å². The van der Waals surface area contributed by atoms with Crippen LogP contribution in [0.2, 0.25) is 0 Å². The molecule has 0 aliphatic rings. The minimum Gasteiger partial charge on any atom is -0.333 e. The predicted octanol–water partition coefficient (Wildman–Crippen LogP) is 2.49. The number of nitrogens with zero attached hydrogens (tertiary/aromatic N) is 2. The van der Waals surface area contributed by atoms with E-state index < -0.39 is 10.0 Å². The van der Waals surface area contributed by atoms with Gasteiger partial charge in [0.25, 0.3) is 0 Å². The van der Waals surface area contributed by atoms with Gasteiger partial charge < -0.3 is 4.90 Å². The number of hydrogen-bond acceptors (Lipinski definition) is 3. The lowest BCUT2D eigenvalue weighted by Gasteiger charge is -2.19. The molecule has 1 rings (SSSR count). The molecule has 0 aliphatic heterocycles. The van der Waals surface area contributed by atoms with Crippen molar-refractivity contribution in [2.45, 2.75) is 13.8 Å². The van der Waals surface area contributed by atoms with Gasteiger partial charge in [0.15, 0.2) is 0 Å². The van der Waals surface area contributed by atoms with E-state index in [2.05, 4.69) is 16.3 Å². The third-order valence-corrected chi connectivity index (χ3v) is 4.15. The molecule has 1 aromatic carbocycles. The summed E-state index contributed by atoms with van der Waals surface area (Å²) in [7, 11) is -1.32.